The third-order valence-electron chi connectivity index (χ3n) is 3.91. The lowest BCUT2D eigenvalue weighted by Gasteiger charge is -2.29. The first-order valence-corrected chi connectivity index (χ1v) is 7.28. The van der Waals surface area contributed by atoms with E-state index in [1.165, 1.54) is 4.90 Å². The molecule has 1 fully saturated rings. The zero-order valence-electron chi connectivity index (χ0n) is 12.4. The van der Waals surface area contributed by atoms with Crippen LogP contribution in [0.3, 0.4) is 0 Å². The van der Waals surface area contributed by atoms with Gasteiger partial charge in [0.05, 0.1) is 5.69 Å². The maximum absolute atomic E-state index is 12.4. The number of rotatable bonds is 4. The number of imide groups is 1. The first-order valence-electron chi connectivity index (χ1n) is 7.28. The number of carbonyl (C=O) groups excluding carboxylic acids is 3. The first-order chi connectivity index (χ1) is 11.1. The summed E-state index contributed by atoms with van der Waals surface area (Å²) in [5, 5.41) is 8.91. The molecule has 2 N–H and O–H groups in total. The van der Waals surface area contributed by atoms with Crippen molar-refractivity contribution in [1.29, 1.82) is 0 Å². The minimum Gasteiger partial charge on any atom is -0.323 e. The standard InChI is InChI=1S/C16H16N4O3/c1-10(12-6-8-17-19-12)2-3-11-7-9-20(16(11)23)13-4-5-14(21)18-15(13)22/h2-3,6-8,13H,1,4-5,9H2,(H,17,19)(H,18,21,22)/b3-2-. The zero-order chi connectivity index (χ0) is 16.4. The van der Waals surface area contributed by atoms with Crippen molar-refractivity contribution in [2.24, 2.45) is 0 Å². The molecule has 2 aliphatic heterocycles. The molecule has 7 heteroatoms. The van der Waals surface area contributed by atoms with E-state index in [-0.39, 0.29) is 18.2 Å². The average Bonchev–Trinajstić information content (AvgIpc) is 3.16. The van der Waals surface area contributed by atoms with Crippen LogP contribution in [0, 0.1) is 0 Å². The predicted octanol–water partition coefficient (Wildman–Crippen LogP) is 0.553. The lowest BCUT2D eigenvalue weighted by atomic mass is 10.0. The Labute approximate surface area is 132 Å². The second-order valence-corrected chi connectivity index (χ2v) is 5.41. The van der Waals surface area contributed by atoms with Gasteiger partial charge in [0, 0.05) is 24.7 Å². The number of hydrogen-bond donors (Lipinski definition) is 2. The van der Waals surface area contributed by atoms with Crippen molar-refractivity contribution in [2.75, 3.05) is 6.54 Å². The Morgan fingerprint density at radius 2 is 2.22 bits per heavy atom. The molecule has 1 aromatic heterocycles. The number of aromatic nitrogens is 2. The van der Waals surface area contributed by atoms with Gasteiger partial charge in [-0.05, 0) is 24.1 Å². The van der Waals surface area contributed by atoms with Crippen LogP contribution >= 0.6 is 0 Å². The highest BCUT2D eigenvalue weighted by atomic mass is 16.2. The van der Waals surface area contributed by atoms with Gasteiger partial charge in [0.2, 0.25) is 11.8 Å². The summed E-state index contributed by atoms with van der Waals surface area (Å²) in [7, 11) is 0. The summed E-state index contributed by atoms with van der Waals surface area (Å²) in [5.74, 6) is -0.912. The van der Waals surface area contributed by atoms with Gasteiger partial charge >= 0.3 is 0 Å². The van der Waals surface area contributed by atoms with Crippen LogP contribution in [-0.2, 0) is 14.4 Å². The highest BCUT2D eigenvalue weighted by molar-refractivity contribution is 6.05. The summed E-state index contributed by atoms with van der Waals surface area (Å²) < 4.78 is 0. The molecule has 1 atom stereocenters. The van der Waals surface area contributed by atoms with E-state index in [9.17, 15) is 14.4 Å². The van der Waals surface area contributed by atoms with Crippen molar-refractivity contribution in [1.82, 2.24) is 20.4 Å². The Balaban J connectivity index is 1.66. The number of carbonyl (C=O) groups is 3. The number of hydrogen-bond acceptors (Lipinski definition) is 4. The van der Waals surface area contributed by atoms with E-state index in [1.54, 1.807) is 30.5 Å². The van der Waals surface area contributed by atoms with Gasteiger partial charge in [0.25, 0.3) is 5.91 Å². The van der Waals surface area contributed by atoms with Crippen molar-refractivity contribution in [2.45, 2.75) is 18.9 Å². The lowest BCUT2D eigenvalue weighted by molar-refractivity contribution is -0.142. The minimum absolute atomic E-state index is 0.215. The summed E-state index contributed by atoms with van der Waals surface area (Å²) in [6.45, 7) is 4.26. The van der Waals surface area contributed by atoms with E-state index in [0.29, 0.717) is 24.1 Å². The summed E-state index contributed by atoms with van der Waals surface area (Å²) in [4.78, 5) is 37.0. The molecule has 3 rings (SSSR count). The molecule has 3 amide bonds. The monoisotopic (exact) mass is 312 g/mol. The molecule has 0 saturated carbocycles. The van der Waals surface area contributed by atoms with Crippen LogP contribution in [0.25, 0.3) is 5.57 Å². The second kappa shape index (κ2) is 6.04. The molecule has 0 radical (unpaired) electrons. The van der Waals surface area contributed by atoms with E-state index in [1.807, 2.05) is 0 Å². The van der Waals surface area contributed by atoms with Crippen molar-refractivity contribution >= 4 is 23.3 Å². The second-order valence-electron chi connectivity index (χ2n) is 5.41. The van der Waals surface area contributed by atoms with Crippen LogP contribution in [0.5, 0.6) is 0 Å². The minimum atomic E-state index is -0.585. The molecule has 7 nitrogen and oxygen atoms in total. The summed E-state index contributed by atoms with van der Waals surface area (Å²) in [6, 6.07) is 1.20. The summed E-state index contributed by atoms with van der Waals surface area (Å²) in [6.07, 6.45) is 7.41. The van der Waals surface area contributed by atoms with E-state index in [2.05, 4.69) is 22.1 Å². The van der Waals surface area contributed by atoms with Gasteiger partial charge in [-0.3, -0.25) is 24.8 Å². The molecule has 2 aliphatic rings. The Kier molecular flexibility index (Phi) is 3.92. The molecule has 1 saturated heterocycles. The average molecular weight is 312 g/mol. The number of H-pyrrole nitrogens is 1. The van der Waals surface area contributed by atoms with Crippen molar-refractivity contribution in [3.05, 3.63) is 48.3 Å². The van der Waals surface area contributed by atoms with E-state index in [0.717, 1.165) is 5.69 Å². The molecule has 0 aliphatic carbocycles. The molecule has 1 unspecified atom stereocenters. The normalized spacial score (nSPS) is 21.7. The summed E-state index contributed by atoms with van der Waals surface area (Å²) >= 11 is 0. The largest absolute Gasteiger partial charge is 0.323 e. The molecular weight excluding hydrogens is 296 g/mol. The maximum Gasteiger partial charge on any atom is 0.254 e. The van der Waals surface area contributed by atoms with Gasteiger partial charge in [-0.15, -0.1) is 0 Å². The smallest absolute Gasteiger partial charge is 0.254 e. The van der Waals surface area contributed by atoms with Crippen molar-refractivity contribution < 1.29 is 14.4 Å². The Morgan fingerprint density at radius 1 is 1.39 bits per heavy atom. The van der Waals surface area contributed by atoms with Crippen LogP contribution in [-0.4, -0.2) is 45.4 Å². The predicted molar refractivity (Wildman–Crippen MR) is 82.7 cm³/mol. The molecule has 3 heterocycles. The fourth-order valence-corrected chi connectivity index (χ4v) is 2.64. The molecule has 0 spiro atoms. The topological polar surface area (TPSA) is 95.2 Å². The van der Waals surface area contributed by atoms with Gasteiger partial charge in [0.15, 0.2) is 0 Å². The van der Waals surface area contributed by atoms with E-state index in [4.69, 9.17) is 0 Å². The molecule has 0 aromatic carbocycles. The molecular formula is C16H16N4O3. The van der Waals surface area contributed by atoms with Crippen molar-refractivity contribution in [3.63, 3.8) is 0 Å². The maximum atomic E-state index is 12.4. The Bertz CT molecular complexity index is 731. The van der Waals surface area contributed by atoms with Gasteiger partial charge in [-0.25, -0.2) is 0 Å². The molecule has 23 heavy (non-hydrogen) atoms. The molecule has 0 bridgehead atoms. The fraction of sp³-hybridized carbons (Fsp3) is 0.250. The van der Waals surface area contributed by atoms with Crippen molar-refractivity contribution in [3.8, 4) is 0 Å². The van der Waals surface area contributed by atoms with Crippen LogP contribution in [0.15, 0.2) is 42.6 Å². The van der Waals surface area contributed by atoms with Gasteiger partial charge in [0.1, 0.15) is 6.04 Å². The fourth-order valence-electron chi connectivity index (χ4n) is 2.64. The summed E-state index contributed by atoms with van der Waals surface area (Å²) in [5.41, 5.74) is 1.99. The van der Waals surface area contributed by atoms with Gasteiger partial charge < -0.3 is 4.90 Å². The number of amides is 3. The zero-order valence-corrected chi connectivity index (χ0v) is 12.4. The van der Waals surface area contributed by atoms with Crippen LogP contribution in [0.4, 0.5) is 0 Å². The third kappa shape index (κ3) is 2.98. The number of nitrogens with zero attached hydrogens (tertiary/aromatic N) is 2. The van der Waals surface area contributed by atoms with Gasteiger partial charge in [-0.2, -0.15) is 5.10 Å². The van der Waals surface area contributed by atoms with E-state index < -0.39 is 11.9 Å². The quantitative estimate of drug-likeness (QED) is 0.627. The lowest BCUT2D eigenvalue weighted by Crippen LogP contribution is -2.53. The third-order valence-corrected chi connectivity index (χ3v) is 3.91. The number of piperidine rings is 1. The number of allylic oxidation sites excluding steroid dienone is 2. The molecule has 1 aromatic rings. The highest BCUT2D eigenvalue weighted by Gasteiger charge is 2.36. The first kappa shape index (κ1) is 15.0. The van der Waals surface area contributed by atoms with Crippen LogP contribution in [0.2, 0.25) is 0 Å². The SMILES string of the molecule is C=C(/C=C\C1=CCN(C2CCC(=O)NC2=O)C1=O)c1ccn[nH]1. The molecule has 118 valence electrons. The van der Waals surface area contributed by atoms with Crippen LogP contribution in [0.1, 0.15) is 18.5 Å². The van der Waals surface area contributed by atoms with E-state index >= 15 is 0 Å². The Morgan fingerprint density at radius 3 is 2.91 bits per heavy atom. The number of aromatic amines is 1. The Hall–Kier alpha value is -2.96. The van der Waals surface area contributed by atoms with Crippen LogP contribution < -0.4 is 5.32 Å². The van der Waals surface area contributed by atoms with Gasteiger partial charge in [-0.1, -0.05) is 18.7 Å². The number of nitrogens with one attached hydrogen (secondary N) is 2. The highest BCUT2D eigenvalue weighted by Crippen LogP contribution is 2.21.